The molecule has 1 aromatic rings. The van der Waals surface area contributed by atoms with Crippen molar-refractivity contribution in [1.82, 2.24) is 0 Å². The zero-order chi connectivity index (χ0) is 12.1. The highest BCUT2D eigenvalue weighted by atomic mass is 19.1. The second kappa shape index (κ2) is 5.61. The molecule has 0 spiro atoms. The van der Waals surface area contributed by atoms with Crippen molar-refractivity contribution < 1.29 is 13.9 Å². The molecule has 0 aliphatic rings. The highest BCUT2D eigenvalue weighted by Gasteiger charge is 2.13. The summed E-state index contributed by atoms with van der Waals surface area (Å²) in [6.07, 6.45) is 0.581. The average Bonchev–Trinajstić information content (AvgIpc) is 2.28. The van der Waals surface area contributed by atoms with E-state index in [1.54, 1.807) is 12.1 Å². The molecule has 0 aliphatic heterocycles. The fourth-order valence-electron chi connectivity index (χ4n) is 1.48. The lowest BCUT2D eigenvalue weighted by molar-refractivity contribution is -0.140. The molecule has 3 nitrogen and oxygen atoms in total. The summed E-state index contributed by atoms with van der Waals surface area (Å²) >= 11 is 0. The van der Waals surface area contributed by atoms with E-state index in [4.69, 9.17) is 5.73 Å². The lowest BCUT2D eigenvalue weighted by Crippen LogP contribution is -2.14. The molecule has 2 N–H and O–H groups in total. The number of nitrogens with two attached hydrogens (primary N) is 1. The van der Waals surface area contributed by atoms with Crippen molar-refractivity contribution in [2.24, 2.45) is 5.73 Å². The van der Waals surface area contributed by atoms with Crippen LogP contribution in [0.25, 0.3) is 0 Å². The summed E-state index contributed by atoms with van der Waals surface area (Å²) in [7, 11) is 1.32. The highest BCUT2D eigenvalue weighted by Crippen LogP contribution is 2.20. The molecule has 0 radical (unpaired) electrons. The van der Waals surface area contributed by atoms with Crippen molar-refractivity contribution in [1.29, 1.82) is 0 Å². The number of ether oxygens (including phenoxy) is 1. The molecular weight excluding hydrogens is 209 g/mol. The molecule has 0 saturated heterocycles. The Labute approximate surface area is 94.4 Å². The molecule has 0 heterocycles. The Kier molecular flexibility index (Phi) is 4.43. The van der Waals surface area contributed by atoms with Crippen LogP contribution in [0, 0.1) is 12.7 Å². The van der Waals surface area contributed by atoms with E-state index >= 15 is 0 Å². The van der Waals surface area contributed by atoms with Crippen LogP contribution >= 0.6 is 0 Å². The van der Waals surface area contributed by atoms with E-state index in [9.17, 15) is 9.18 Å². The SMILES string of the molecule is COC(=O)CCC(N)c1cc(C)ccc1F. The van der Waals surface area contributed by atoms with Crippen LogP contribution in [-0.4, -0.2) is 13.1 Å². The van der Waals surface area contributed by atoms with Crippen molar-refractivity contribution in [2.45, 2.75) is 25.8 Å². The predicted octanol–water partition coefficient (Wildman–Crippen LogP) is 2.09. The molecule has 0 aromatic heterocycles. The van der Waals surface area contributed by atoms with Gasteiger partial charge in [0.05, 0.1) is 7.11 Å². The number of aryl methyl sites for hydroxylation is 1. The third kappa shape index (κ3) is 3.31. The van der Waals surface area contributed by atoms with Crippen molar-refractivity contribution in [2.75, 3.05) is 7.11 Å². The number of carbonyl (C=O) groups is 1. The van der Waals surface area contributed by atoms with Crippen LogP contribution in [0.1, 0.15) is 30.0 Å². The summed E-state index contributed by atoms with van der Waals surface area (Å²) in [4.78, 5) is 10.9. The number of rotatable bonds is 4. The molecule has 16 heavy (non-hydrogen) atoms. The molecule has 1 unspecified atom stereocenters. The monoisotopic (exact) mass is 225 g/mol. The smallest absolute Gasteiger partial charge is 0.305 e. The van der Waals surface area contributed by atoms with E-state index in [0.29, 0.717) is 12.0 Å². The lowest BCUT2D eigenvalue weighted by Gasteiger charge is -2.12. The van der Waals surface area contributed by atoms with Gasteiger partial charge in [-0.1, -0.05) is 17.7 Å². The standard InChI is InChI=1S/C12H16FNO2/c1-8-3-4-10(13)9(7-8)11(14)5-6-12(15)16-2/h3-4,7,11H,5-6,14H2,1-2H3. The Morgan fingerprint density at radius 3 is 2.88 bits per heavy atom. The number of halogens is 1. The van der Waals surface area contributed by atoms with Gasteiger partial charge in [-0.05, 0) is 19.4 Å². The Balaban J connectivity index is 2.68. The fourth-order valence-corrected chi connectivity index (χ4v) is 1.48. The summed E-state index contributed by atoms with van der Waals surface area (Å²) in [5.41, 5.74) is 7.22. The largest absolute Gasteiger partial charge is 0.469 e. The number of benzene rings is 1. The van der Waals surface area contributed by atoms with E-state index < -0.39 is 6.04 Å². The second-order valence-corrected chi connectivity index (χ2v) is 3.75. The first kappa shape index (κ1) is 12.6. The summed E-state index contributed by atoms with van der Waals surface area (Å²) in [5.74, 6) is -0.661. The number of hydrogen-bond acceptors (Lipinski definition) is 3. The van der Waals surface area contributed by atoms with Gasteiger partial charge >= 0.3 is 5.97 Å². The van der Waals surface area contributed by atoms with Crippen molar-refractivity contribution >= 4 is 5.97 Å². The molecule has 0 bridgehead atoms. The molecule has 1 aromatic carbocycles. The van der Waals surface area contributed by atoms with Gasteiger partial charge in [0.1, 0.15) is 5.82 Å². The van der Waals surface area contributed by atoms with Gasteiger partial charge in [-0.3, -0.25) is 4.79 Å². The minimum absolute atomic E-state index is 0.199. The van der Waals surface area contributed by atoms with Gasteiger partial charge in [0.25, 0.3) is 0 Å². The van der Waals surface area contributed by atoms with Crippen LogP contribution in [0.4, 0.5) is 4.39 Å². The second-order valence-electron chi connectivity index (χ2n) is 3.75. The normalized spacial score (nSPS) is 12.2. The van der Waals surface area contributed by atoms with Gasteiger partial charge in [-0.2, -0.15) is 0 Å². The van der Waals surface area contributed by atoms with Crippen LogP contribution in [0.5, 0.6) is 0 Å². The van der Waals surface area contributed by atoms with Crippen LogP contribution in [-0.2, 0) is 9.53 Å². The zero-order valence-electron chi connectivity index (χ0n) is 9.50. The third-order valence-electron chi connectivity index (χ3n) is 2.44. The minimum atomic E-state index is -0.473. The molecule has 0 saturated carbocycles. The molecule has 0 fully saturated rings. The van der Waals surface area contributed by atoms with Gasteiger partial charge in [0.15, 0.2) is 0 Å². The van der Waals surface area contributed by atoms with E-state index in [2.05, 4.69) is 4.74 Å². The first-order valence-electron chi connectivity index (χ1n) is 5.13. The minimum Gasteiger partial charge on any atom is -0.469 e. The first-order valence-corrected chi connectivity index (χ1v) is 5.13. The molecule has 4 heteroatoms. The molecular formula is C12H16FNO2. The molecule has 1 atom stereocenters. The van der Waals surface area contributed by atoms with E-state index in [1.807, 2.05) is 6.92 Å². The zero-order valence-corrected chi connectivity index (χ0v) is 9.50. The first-order chi connectivity index (χ1) is 7.54. The molecule has 0 aliphatic carbocycles. The van der Waals surface area contributed by atoms with Gasteiger partial charge in [-0.15, -0.1) is 0 Å². The summed E-state index contributed by atoms with van der Waals surface area (Å²) in [6, 6.07) is 4.31. The topological polar surface area (TPSA) is 52.3 Å². The van der Waals surface area contributed by atoms with Crippen molar-refractivity contribution in [3.63, 3.8) is 0 Å². The maximum Gasteiger partial charge on any atom is 0.305 e. The van der Waals surface area contributed by atoms with Crippen molar-refractivity contribution in [3.05, 3.63) is 35.1 Å². The summed E-state index contributed by atoms with van der Waals surface area (Å²) < 4.78 is 17.9. The number of methoxy groups -OCH3 is 1. The maximum atomic E-state index is 13.4. The van der Waals surface area contributed by atoms with E-state index in [-0.39, 0.29) is 18.2 Å². The van der Waals surface area contributed by atoms with Gasteiger partial charge in [-0.25, -0.2) is 4.39 Å². The van der Waals surface area contributed by atoms with Crippen LogP contribution in [0.15, 0.2) is 18.2 Å². The average molecular weight is 225 g/mol. The van der Waals surface area contributed by atoms with E-state index in [0.717, 1.165) is 5.56 Å². The number of hydrogen-bond donors (Lipinski definition) is 1. The Bertz CT molecular complexity index is 379. The summed E-state index contributed by atoms with van der Waals surface area (Å²) in [5, 5.41) is 0. The van der Waals surface area contributed by atoms with Crippen LogP contribution in [0.2, 0.25) is 0 Å². The van der Waals surface area contributed by atoms with Gasteiger partial charge in [0, 0.05) is 18.0 Å². The van der Waals surface area contributed by atoms with Crippen LogP contribution in [0.3, 0.4) is 0 Å². The molecule has 88 valence electrons. The highest BCUT2D eigenvalue weighted by molar-refractivity contribution is 5.69. The fraction of sp³-hybridized carbons (Fsp3) is 0.417. The van der Waals surface area contributed by atoms with Gasteiger partial charge < -0.3 is 10.5 Å². The Morgan fingerprint density at radius 2 is 2.25 bits per heavy atom. The Morgan fingerprint density at radius 1 is 1.56 bits per heavy atom. The quantitative estimate of drug-likeness (QED) is 0.798. The van der Waals surface area contributed by atoms with Crippen LogP contribution < -0.4 is 5.73 Å². The number of carbonyl (C=O) groups excluding carboxylic acids is 1. The van der Waals surface area contributed by atoms with E-state index in [1.165, 1.54) is 13.2 Å². The Hall–Kier alpha value is -1.42. The maximum absolute atomic E-state index is 13.4. The predicted molar refractivity (Wildman–Crippen MR) is 59.3 cm³/mol. The summed E-state index contributed by atoms with van der Waals surface area (Å²) in [6.45, 7) is 1.87. The van der Waals surface area contributed by atoms with Crippen molar-refractivity contribution in [3.8, 4) is 0 Å². The lowest BCUT2D eigenvalue weighted by atomic mass is 10.0. The molecule has 1 rings (SSSR count). The third-order valence-corrected chi connectivity index (χ3v) is 2.44. The molecule has 0 amide bonds. The van der Waals surface area contributed by atoms with Gasteiger partial charge in [0.2, 0.25) is 0 Å². The number of esters is 1.